The normalized spacial score (nSPS) is 11.6. The van der Waals surface area contributed by atoms with Crippen molar-refractivity contribution in [3.8, 4) is 0 Å². The number of methoxy groups -OCH3 is 2. The van der Waals surface area contributed by atoms with Crippen LogP contribution in [0.5, 0.6) is 0 Å². The number of primary amides is 1. The molecule has 86 heavy (non-hydrogen) atoms. The number of carbonyl (C=O) groups is 2. The third-order valence-electron chi connectivity index (χ3n) is 10.7. The van der Waals surface area contributed by atoms with E-state index >= 15 is 0 Å². The van der Waals surface area contributed by atoms with Gasteiger partial charge in [-0.25, -0.2) is 9.97 Å². The molecule has 1 rings (SSSR count). The average Bonchev–Trinajstić information content (AvgIpc) is 3.63. The molecule has 0 bridgehead atoms. The van der Waals surface area contributed by atoms with Crippen molar-refractivity contribution in [3.63, 3.8) is 0 Å². The number of nitrogens with zero attached hydrogens (tertiary/aromatic N) is 3. The maximum Gasteiger partial charge on any atom is 0.274 e. The van der Waals surface area contributed by atoms with E-state index in [1.165, 1.54) is 17.3 Å². The fourth-order valence-electron chi connectivity index (χ4n) is 6.28. The number of hydrogen-bond acceptors (Lipinski definition) is 28. The molecule has 1 aromatic rings. The molecule has 1 aromatic heterocycles. The van der Waals surface area contributed by atoms with Crippen LogP contribution < -0.4 is 5.73 Å². The average molecular weight is 1250 g/mol. The number of hydrogen-bond donors (Lipinski definition) is 1. The number of carbonyl (C=O) groups excluding carboxylic acids is 2. The Labute approximate surface area is 509 Å². The number of nitrogens with two attached hydrogens (primary N) is 1. The predicted octanol–water partition coefficient (Wildman–Crippen LogP) is -0.324. The molecule has 0 spiro atoms. The van der Waals surface area contributed by atoms with Gasteiger partial charge in [-0.3, -0.25) is 9.59 Å². The monoisotopic (exact) mass is 1250 g/mol. The first-order valence-electron chi connectivity index (χ1n) is 29.7. The largest absolute Gasteiger partial charge is 0.382 e. The molecular formula is C56H106N4O26. The molecule has 0 aromatic carbocycles. The second-order valence-electron chi connectivity index (χ2n) is 17.4. The molecule has 0 fully saturated rings. The van der Waals surface area contributed by atoms with Gasteiger partial charge < -0.3 is 124 Å². The van der Waals surface area contributed by atoms with E-state index in [1.807, 2.05) is 0 Å². The van der Waals surface area contributed by atoms with Crippen LogP contribution in [0.4, 0.5) is 0 Å². The summed E-state index contributed by atoms with van der Waals surface area (Å²) in [5.74, 6) is -1.15. The number of aromatic nitrogens is 2. The lowest BCUT2D eigenvalue weighted by Crippen LogP contribution is -2.37. The fraction of sp³-hybridized carbons (Fsp3) is 0.893. The second kappa shape index (κ2) is 69.5. The van der Waals surface area contributed by atoms with E-state index in [4.69, 9.17) is 119 Å². The molecule has 0 atom stereocenters. The lowest BCUT2D eigenvalue weighted by molar-refractivity contribution is -0.0284. The molecule has 30 nitrogen and oxygen atoms in total. The van der Waals surface area contributed by atoms with E-state index in [1.54, 1.807) is 14.2 Å². The van der Waals surface area contributed by atoms with Crippen LogP contribution in [0.15, 0.2) is 12.4 Å². The summed E-state index contributed by atoms with van der Waals surface area (Å²) in [6, 6.07) is 0. The maximum absolute atomic E-state index is 13.3. The number of ether oxygens (including phenoxy) is 24. The SMILES string of the molecule is COCCOCCOCCOCCOCCOCCOCCOCCOCCOCCOCCOCCN(CCOCCOCCOCCOCCOCCOCCOCCOCCOCCOCCOCCOC)C(=O)c1cnc(C(N)=O)cn1. The van der Waals surface area contributed by atoms with Crippen molar-refractivity contribution in [1.29, 1.82) is 0 Å². The summed E-state index contributed by atoms with van der Waals surface area (Å²) in [5.41, 5.74) is 5.29. The molecule has 2 amide bonds. The smallest absolute Gasteiger partial charge is 0.274 e. The van der Waals surface area contributed by atoms with Gasteiger partial charge in [0.1, 0.15) is 11.4 Å². The highest BCUT2D eigenvalue weighted by Gasteiger charge is 2.18. The highest BCUT2D eigenvalue weighted by Crippen LogP contribution is 2.03. The van der Waals surface area contributed by atoms with E-state index in [-0.39, 0.29) is 37.7 Å². The van der Waals surface area contributed by atoms with Crippen LogP contribution in [-0.2, 0) is 114 Å². The zero-order valence-corrected chi connectivity index (χ0v) is 51.6. The summed E-state index contributed by atoms with van der Waals surface area (Å²) in [6.45, 7) is 21.5. The van der Waals surface area contributed by atoms with E-state index < -0.39 is 11.8 Å². The van der Waals surface area contributed by atoms with Crippen molar-refractivity contribution in [2.24, 2.45) is 5.73 Å². The Bertz CT molecular complexity index is 1450. The molecule has 0 aliphatic rings. The number of amides is 2. The predicted molar refractivity (Wildman–Crippen MR) is 308 cm³/mol. The van der Waals surface area contributed by atoms with Gasteiger partial charge in [-0.15, -0.1) is 0 Å². The van der Waals surface area contributed by atoms with Crippen molar-refractivity contribution in [1.82, 2.24) is 14.9 Å². The van der Waals surface area contributed by atoms with Gasteiger partial charge in [0.15, 0.2) is 0 Å². The van der Waals surface area contributed by atoms with Gasteiger partial charge >= 0.3 is 0 Å². The van der Waals surface area contributed by atoms with Crippen LogP contribution in [-0.4, -0.2) is 358 Å². The van der Waals surface area contributed by atoms with Crippen LogP contribution in [0, 0.1) is 0 Å². The van der Waals surface area contributed by atoms with Gasteiger partial charge in [0, 0.05) is 27.3 Å². The van der Waals surface area contributed by atoms with Crippen molar-refractivity contribution < 1.29 is 123 Å². The Kier molecular flexibility index (Phi) is 65.5. The van der Waals surface area contributed by atoms with Gasteiger partial charge in [-0.1, -0.05) is 0 Å². The molecule has 0 saturated carbocycles. The minimum atomic E-state index is -0.744. The topological polar surface area (TPSA) is 311 Å². The fourth-order valence-corrected chi connectivity index (χ4v) is 6.28. The van der Waals surface area contributed by atoms with Crippen molar-refractivity contribution in [2.75, 3.05) is 331 Å². The Morgan fingerprint density at radius 2 is 0.419 bits per heavy atom. The molecule has 0 aliphatic heterocycles. The highest BCUT2D eigenvalue weighted by atomic mass is 16.6. The summed E-state index contributed by atoms with van der Waals surface area (Å²) in [7, 11) is 3.28. The molecule has 30 heteroatoms. The maximum atomic E-state index is 13.3. The van der Waals surface area contributed by atoms with E-state index in [2.05, 4.69) is 9.97 Å². The van der Waals surface area contributed by atoms with E-state index in [0.29, 0.717) is 291 Å². The zero-order chi connectivity index (χ0) is 61.6. The summed E-state index contributed by atoms with van der Waals surface area (Å²) in [6.07, 6.45) is 2.38. The first-order chi connectivity index (χ1) is 42.6. The summed E-state index contributed by atoms with van der Waals surface area (Å²) < 4.78 is 131. The Morgan fingerprint density at radius 1 is 0.267 bits per heavy atom. The van der Waals surface area contributed by atoms with Crippen LogP contribution >= 0.6 is 0 Å². The van der Waals surface area contributed by atoms with Gasteiger partial charge in [0.25, 0.3) is 11.8 Å². The first-order valence-corrected chi connectivity index (χ1v) is 29.7. The molecule has 0 aliphatic carbocycles. The minimum absolute atomic E-state index is 0.0464. The van der Waals surface area contributed by atoms with Gasteiger partial charge in [0.05, 0.1) is 316 Å². The minimum Gasteiger partial charge on any atom is -0.382 e. The van der Waals surface area contributed by atoms with Crippen LogP contribution in [0.2, 0.25) is 0 Å². The molecule has 0 unspecified atom stereocenters. The Hall–Kier alpha value is -2.94. The quantitative estimate of drug-likeness (QED) is 0.0817. The first kappa shape index (κ1) is 81.1. The van der Waals surface area contributed by atoms with E-state index in [0.717, 1.165) is 0 Å². The van der Waals surface area contributed by atoms with Gasteiger partial charge in [-0.05, 0) is 0 Å². The van der Waals surface area contributed by atoms with Crippen LogP contribution in [0.25, 0.3) is 0 Å². The van der Waals surface area contributed by atoms with Crippen LogP contribution in [0.1, 0.15) is 21.0 Å². The van der Waals surface area contributed by atoms with Crippen molar-refractivity contribution >= 4 is 11.8 Å². The summed E-state index contributed by atoms with van der Waals surface area (Å²) in [4.78, 5) is 34.3. The third kappa shape index (κ3) is 60.0. The Morgan fingerprint density at radius 3 is 0.570 bits per heavy atom. The molecule has 2 N–H and O–H groups in total. The van der Waals surface area contributed by atoms with Crippen molar-refractivity contribution in [3.05, 3.63) is 23.8 Å². The molecule has 0 radical (unpaired) electrons. The molecule has 506 valence electrons. The van der Waals surface area contributed by atoms with E-state index in [9.17, 15) is 9.59 Å². The Balaban J connectivity index is 1.92. The summed E-state index contributed by atoms with van der Waals surface area (Å²) in [5, 5.41) is 0. The number of rotatable bonds is 74. The molecule has 0 saturated heterocycles. The molecule has 1 heterocycles. The highest BCUT2D eigenvalue weighted by molar-refractivity contribution is 5.93. The standard InChI is InChI=1S/C56H106N4O26/c1-63-7-9-67-15-17-71-23-25-75-31-33-79-39-41-83-47-49-85-45-43-81-37-35-77-29-27-73-21-19-69-13-11-65-5-3-60(56(62)54-52-58-53(51-59-54)55(57)61)4-6-66-12-14-70-20-22-74-28-30-78-36-38-82-44-46-86-50-48-84-42-40-80-34-32-76-26-24-72-18-16-68-10-8-64-2/h51-52H,3-50H2,1-2H3,(H2,57,61). The van der Waals surface area contributed by atoms with Gasteiger partial charge in [-0.2, -0.15) is 0 Å². The lowest BCUT2D eigenvalue weighted by atomic mass is 10.3. The molecular weight excluding hydrogens is 1140 g/mol. The second-order valence-corrected chi connectivity index (χ2v) is 17.4. The lowest BCUT2D eigenvalue weighted by Gasteiger charge is -2.22. The van der Waals surface area contributed by atoms with Gasteiger partial charge in [0.2, 0.25) is 0 Å². The van der Waals surface area contributed by atoms with Crippen molar-refractivity contribution in [2.45, 2.75) is 0 Å². The third-order valence-corrected chi connectivity index (χ3v) is 10.7. The van der Waals surface area contributed by atoms with Crippen LogP contribution in [0.3, 0.4) is 0 Å². The summed E-state index contributed by atoms with van der Waals surface area (Å²) >= 11 is 0. The zero-order valence-electron chi connectivity index (χ0n) is 51.6.